The Kier molecular flexibility index (Phi) is 12.4. The van der Waals surface area contributed by atoms with E-state index in [-0.39, 0.29) is 41.8 Å². The summed E-state index contributed by atoms with van der Waals surface area (Å²) in [6.45, 7) is 5.74. The van der Waals surface area contributed by atoms with Gasteiger partial charge in [0, 0.05) is 56.3 Å². The van der Waals surface area contributed by atoms with Crippen LogP contribution in [0.4, 0.5) is 11.5 Å². The molecule has 17 heteroatoms. The summed E-state index contributed by atoms with van der Waals surface area (Å²) in [6, 6.07) is 21.1. The van der Waals surface area contributed by atoms with Gasteiger partial charge in [-0.3, -0.25) is 39.0 Å². The number of anilines is 2. The lowest BCUT2D eigenvalue weighted by molar-refractivity contribution is -0.139. The summed E-state index contributed by atoms with van der Waals surface area (Å²) in [5.74, 6) is -0.0991. The molecule has 3 saturated heterocycles. The van der Waals surface area contributed by atoms with E-state index in [1.807, 2.05) is 64.2 Å². The highest BCUT2D eigenvalue weighted by Crippen LogP contribution is 2.41. The van der Waals surface area contributed by atoms with E-state index in [1.54, 1.807) is 18.2 Å². The van der Waals surface area contributed by atoms with Crippen molar-refractivity contribution in [2.75, 3.05) is 69.7 Å². The largest absolute Gasteiger partial charge is 0.457 e. The Morgan fingerprint density at radius 2 is 1.56 bits per heavy atom. The minimum atomic E-state index is -1.02. The number of carbonyl (C=O) groups is 6. The molecule has 0 spiro atoms. The molecule has 3 fully saturated rings. The van der Waals surface area contributed by atoms with Crippen LogP contribution in [0.1, 0.15) is 82.1 Å². The molecule has 0 radical (unpaired) electrons. The Balaban J connectivity index is 0.710. The second-order valence-electron chi connectivity index (χ2n) is 17.1. The molecule has 17 nitrogen and oxygen atoms in total. The van der Waals surface area contributed by atoms with Gasteiger partial charge in [0.15, 0.2) is 0 Å². The number of para-hydroxylation sites is 1. The number of hydrogen-bond donors (Lipinski definition) is 4. The first-order chi connectivity index (χ1) is 31.1. The molecule has 1 unspecified atom stereocenters. The van der Waals surface area contributed by atoms with Crippen molar-refractivity contribution in [2.45, 2.75) is 57.0 Å². The van der Waals surface area contributed by atoms with Gasteiger partial charge in [-0.05, 0) is 106 Å². The normalized spacial score (nSPS) is 20.7. The van der Waals surface area contributed by atoms with Gasteiger partial charge in [-0.1, -0.05) is 24.3 Å². The van der Waals surface area contributed by atoms with E-state index in [1.165, 1.54) is 0 Å². The van der Waals surface area contributed by atoms with Crippen molar-refractivity contribution >= 4 is 46.9 Å². The number of piperidine rings is 3. The minimum Gasteiger partial charge on any atom is -0.457 e. The lowest BCUT2D eigenvalue weighted by Crippen LogP contribution is -2.54. The van der Waals surface area contributed by atoms with Crippen LogP contribution in [-0.4, -0.2) is 125 Å². The third kappa shape index (κ3) is 8.69. The van der Waals surface area contributed by atoms with Crippen LogP contribution in [0.5, 0.6) is 11.5 Å². The molecule has 0 bridgehead atoms. The molecule has 9 rings (SSSR count). The van der Waals surface area contributed by atoms with Crippen LogP contribution in [0.2, 0.25) is 0 Å². The standard InChI is InChI=1S/C47H53N9O8/c48-42(58)40-41(30-9-11-33(12-10-30)64-32-5-2-1-3-6-32)52-56-36(15-20-50-43(40)56)29-18-24-54(25-19-29)45(60)31-16-22-53(23-17-31)26-28-63-27-21-49-35-8-4-7-34-39(35)47(62)55(46(34)61)37-13-14-38(57)51-44(37)59/h1-12,29,31,36-37,49-50H,13-28H2,(H2,48,58)(H,51,57,59)/t36-,37?/m0/s1. The van der Waals surface area contributed by atoms with Crippen molar-refractivity contribution in [1.82, 2.24) is 29.8 Å². The van der Waals surface area contributed by atoms with Gasteiger partial charge < -0.3 is 35.6 Å². The van der Waals surface area contributed by atoms with E-state index in [0.29, 0.717) is 73.8 Å². The maximum Gasteiger partial charge on any atom is 0.264 e. The van der Waals surface area contributed by atoms with E-state index >= 15 is 0 Å². The number of aromatic nitrogens is 2. The van der Waals surface area contributed by atoms with Crippen LogP contribution in [0.15, 0.2) is 72.8 Å². The molecule has 5 aliphatic heterocycles. The third-order valence-electron chi connectivity index (χ3n) is 13.2. The number of hydrogen-bond acceptors (Lipinski definition) is 12. The van der Waals surface area contributed by atoms with E-state index in [2.05, 4.69) is 20.9 Å². The number of nitrogens with zero attached hydrogens (tertiary/aromatic N) is 5. The first-order valence-corrected chi connectivity index (χ1v) is 22.3. The summed E-state index contributed by atoms with van der Waals surface area (Å²) in [6.07, 6.45) is 4.33. The average molecular weight is 872 g/mol. The predicted octanol–water partition coefficient (Wildman–Crippen LogP) is 4.28. The Morgan fingerprint density at radius 3 is 2.30 bits per heavy atom. The van der Waals surface area contributed by atoms with Gasteiger partial charge in [-0.2, -0.15) is 5.10 Å². The zero-order valence-corrected chi connectivity index (χ0v) is 35.6. The van der Waals surface area contributed by atoms with Crippen LogP contribution >= 0.6 is 0 Å². The summed E-state index contributed by atoms with van der Waals surface area (Å²) in [7, 11) is 0. The molecule has 5 aliphatic rings. The number of benzene rings is 3. The van der Waals surface area contributed by atoms with Gasteiger partial charge in [0.1, 0.15) is 34.6 Å². The fourth-order valence-electron chi connectivity index (χ4n) is 9.86. The number of amides is 6. The third-order valence-corrected chi connectivity index (χ3v) is 13.2. The molecule has 64 heavy (non-hydrogen) atoms. The van der Waals surface area contributed by atoms with E-state index in [4.69, 9.17) is 20.3 Å². The molecule has 3 aromatic carbocycles. The van der Waals surface area contributed by atoms with Crippen molar-refractivity contribution in [2.24, 2.45) is 17.6 Å². The fourth-order valence-corrected chi connectivity index (χ4v) is 9.86. The van der Waals surface area contributed by atoms with Gasteiger partial charge in [0.25, 0.3) is 17.7 Å². The van der Waals surface area contributed by atoms with Crippen LogP contribution in [0.25, 0.3) is 11.3 Å². The van der Waals surface area contributed by atoms with E-state index < -0.39 is 35.6 Å². The monoisotopic (exact) mass is 871 g/mol. The average Bonchev–Trinajstić information content (AvgIpc) is 3.83. The summed E-state index contributed by atoms with van der Waals surface area (Å²) in [4.78, 5) is 82.5. The number of ether oxygens (including phenoxy) is 2. The van der Waals surface area contributed by atoms with Crippen molar-refractivity contribution in [1.29, 1.82) is 0 Å². The molecule has 0 saturated carbocycles. The Morgan fingerprint density at radius 1 is 0.812 bits per heavy atom. The van der Waals surface area contributed by atoms with Gasteiger partial charge in [-0.15, -0.1) is 0 Å². The second-order valence-corrected chi connectivity index (χ2v) is 17.1. The number of carbonyl (C=O) groups excluding carboxylic acids is 6. The maximum absolute atomic E-state index is 13.7. The number of primary amides is 1. The lowest BCUT2D eigenvalue weighted by Gasteiger charge is -2.40. The number of nitrogens with two attached hydrogens (primary N) is 1. The molecule has 1 aromatic heterocycles. The number of likely N-dealkylation sites (tertiary alicyclic amines) is 2. The minimum absolute atomic E-state index is 0.00668. The number of fused-ring (bicyclic) bond motifs is 2. The van der Waals surface area contributed by atoms with Gasteiger partial charge in [0.05, 0.1) is 30.4 Å². The highest BCUT2D eigenvalue weighted by Gasteiger charge is 2.46. The van der Waals surface area contributed by atoms with E-state index in [9.17, 15) is 28.8 Å². The quantitative estimate of drug-likeness (QED) is 0.103. The molecule has 5 N–H and O–H groups in total. The Labute approximate surface area is 370 Å². The van der Waals surface area contributed by atoms with Crippen molar-refractivity contribution in [3.8, 4) is 22.8 Å². The summed E-state index contributed by atoms with van der Waals surface area (Å²) in [5.41, 5.74) is 8.61. The first-order valence-electron chi connectivity index (χ1n) is 22.3. The zero-order valence-electron chi connectivity index (χ0n) is 35.6. The first kappa shape index (κ1) is 42.7. The fraction of sp³-hybridized carbons (Fsp3) is 0.426. The van der Waals surface area contributed by atoms with Gasteiger partial charge in [0.2, 0.25) is 17.7 Å². The molecular formula is C47H53N9O8. The highest BCUT2D eigenvalue weighted by atomic mass is 16.5. The van der Waals surface area contributed by atoms with Crippen LogP contribution in [-0.2, 0) is 19.1 Å². The topological polar surface area (TPSA) is 211 Å². The lowest BCUT2D eigenvalue weighted by atomic mass is 9.86. The molecule has 334 valence electrons. The zero-order chi connectivity index (χ0) is 44.3. The smallest absolute Gasteiger partial charge is 0.264 e. The van der Waals surface area contributed by atoms with E-state index in [0.717, 1.165) is 68.0 Å². The highest BCUT2D eigenvalue weighted by molar-refractivity contribution is 6.25. The molecule has 0 aliphatic carbocycles. The van der Waals surface area contributed by atoms with Gasteiger partial charge in [-0.25, -0.2) is 4.68 Å². The summed E-state index contributed by atoms with van der Waals surface area (Å²) < 4.78 is 13.8. The van der Waals surface area contributed by atoms with Crippen molar-refractivity contribution in [3.05, 3.63) is 89.5 Å². The molecule has 4 aromatic rings. The Bertz CT molecular complexity index is 2420. The summed E-state index contributed by atoms with van der Waals surface area (Å²) in [5, 5.41) is 13.8. The second kappa shape index (κ2) is 18.6. The van der Waals surface area contributed by atoms with Gasteiger partial charge >= 0.3 is 0 Å². The van der Waals surface area contributed by atoms with Crippen LogP contribution in [0.3, 0.4) is 0 Å². The molecular weight excluding hydrogens is 819 g/mol. The number of rotatable bonds is 14. The Hall–Kier alpha value is -6.59. The van der Waals surface area contributed by atoms with Crippen LogP contribution < -0.4 is 26.4 Å². The number of nitrogens with one attached hydrogen (secondary N) is 3. The molecule has 2 atom stereocenters. The SMILES string of the molecule is NC(=O)c1c(-c2ccc(Oc3ccccc3)cc2)nn2c1NCC[C@H]2C1CCN(C(=O)C2CCN(CCOCCNc3cccc4c3C(=O)N(C3CCC(=O)NC3=O)C4=O)CC2)CC1. The maximum atomic E-state index is 13.7. The molecule has 6 amide bonds. The van der Waals surface area contributed by atoms with Crippen molar-refractivity contribution < 1.29 is 38.2 Å². The van der Waals surface area contributed by atoms with Crippen LogP contribution in [0, 0.1) is 11.8 Å². The molecule has 6 heterocycles. The van der Waals surface area contributed by atoms with Crippen molar-refractivity contribution in [3.63, 3.8) is 0 Å². The number of imide groups is 2. The predicted molar refractivity (Wildman–Crippen MR) is 236 cm³/mol. The summed E-state index contributed by atoms with van der Waals surface area (Å²) >= 11 is 0.